The molecule has 0 spiro atoms. The van der Waals surface area contributed by atoms with Crippen LogP contribution >= 0.6 is 0 Å². The smallest absolute Gasteiger partial charge is 0.382 e. The maximum atomic E-state index is 12.0. The summed E-state index contributed by atoms with van der Waals surface area (Å²) in [5.74, 6) is -0.0689. The quantitative estimate of drug-likeness (QED) is 0.732. The van der Waals surface area contributed by atoms with Crippen molar-refractivity contribution in [2.45, 2.75) is 26.1 Å². The Hall–Kier alpha value is -0.820. The summed E-state index contributed by atoms with van der Waals surface area (Å²) in [4.78, 5) is 12.4. The molecule has 0 aromatic carbocycles. The number of hydrogen-bond acceptors (Lipinski definition) is 3. The van der Waals surface area contributed by atoms with Gasteiger partial charge in [0.1, 0.15) is 0 Å². The van der Waals surface area contributed by atoms with Crippen molar-refractivity contribution < 1.29 is 23.1 Å². The van der Waals surface area contributed by atoms with Crippen molar-refractivity contribution in [1.29, 1.82) is 0 Å². The Morgan fingerprint density at radius 2 is 1.94 bits per heavy atom. The van der Waals surface area contributed by atoms with Gasteiger partial charge >= 0.3 is 6.18 Å². The average molecular weight is 256 g/mol. The number of carbonyl (C=O) groups excluding carboxylic acids is 1. The van der Waals surface area contributed by atoms with Gasteiger partial charge in [-0.25, -0.2) is 0 Å². The fraction of sp³-hybridized carbons (Fsp3) is 0.900. The summed E-state index contributed by atoms with van der Waals surface area (Å²) in [6.45, 7) is 3.53. The van der Waals surface area contributed by atoms with E-state index in [9.17, 15) is 18.0 Å². The molecular formula is C10H19F3N2O2. The molecule has 102 valence electrons. The molecule has 0 saturated carbocycles. The Morgan fingerprint density at radius 3 is 2.35 bits per heavy atom. The third-order valence-electron chi connectivity index (χ3n) is 1.98. The topological polar surface area (TPSA) is 52.6 Å². The van der Waals surface area contributed by atoms with E-state index in [1.807, 2.05) is 13.8 Å². The first kappa shape index (κ1) is 16.2. The predicted octanol–water partition coefficient (Wildman–Crippen LogP) is 0.614. The van der Waals surface area contributed by atoms with Gasteiger partial charge in [-0.1, -0.05) is 13.8 Å². The summed E-state index contributed by atoms with van der Waals surface area (Å²) in [5, 5.41) is 11.4. The van der Waals surface area contributed by atoms with Gasteiger partial charge in [0.25, 0.3) is 0 Å². The SMILES string of the molecule is CC(C)CNC(=O)CN(C)CC(O)C(F)(F)F. The minimum absolute atomic E-state index is 0.167. The highest BCUT2D eigenvalue weighted by molar-refractivity contribution is 5.77. The van der Waals surface area contributed by atoms with E-state index in [0.29, 0.717) is 6.54 Å². The van der Waals surface area contributed by atoms with Gasteiger partial charge in [0.15, 0.2) is 6.10 Å². The van der Waals surface area contributed by atoms with E-state index in [1.165, 1.54) is 7.05 Å². The molecule has 1 atom stereocenters. The Balaban J connectivity index is 3.93. The molecule has 0 bridgehead atoms. The second-order valence-electron chi connectivity index (χ2n) is 4.45. The molecule has 0 aromatic rings. The molecule has 0 aliphatic rings. The summed E-state index contributed by atoms with van der Waals surface area (Å²) < 4.78 is 36.1. The number of likely N-dealkylation sites (N-methyl/N-ethyl adjacent to an activating group) is 1. The highest BCUT2D eigenvalue weighted by atomic mass is 19.4. The van der Waals surface area contributed by atoms with Gasteiger partial charge < -0.3 is 10.4 Å². The van der Waals surface area contributed by atoms with Gasteiger partial charge in [0.2, 0.25) is 5.91 Å². The molecule has 2 N–H and O–H groups in total. The van der Waals surface area contributed by atoms with E-state index in [1.54, 1.807) is 0 Å². The van der Waals surface area contributed by atoms with Crippen LogP contribution in [0.15, 0.2) is 0 Å². The summed E-state index contributed by atoms with van der Waals surface area (Å²) in [6.07, 6.45) is -7.08. The number of hydrogen-bond donors (Lipinski definition) is 2. The number of nitrogens with one attached hydrogen (secondary N) is 1. The van der Waals surface area contributed by atoms with Crippen LogP contribution in [0.5, 0.6) is 0 Å². The zero-order valence-electron chi connectivity index (χ0n) is 10.2. The first-order valence-electron chi connectivity index (χ1n) is 5.33. The normalized spacial score (nSPS) is 14.2. The van der Waals surface area contributed by atoms with E-state index >= 15 is 0 Å². The van der Waals surface area contributed by atoms with Gasteiger partial charge in [-0.15, -0.1) is 0 Å². The molecule has 0 fully saturated rings. The van der Waals surface area contributed by atoms with Crippen LogP contribution in [-0.4, -0.2) is 54.9 Å². The van der Waals surface area contributed by atoms with Crippen molar-refractivity contribution in [2.24, 2.45) is 5.92 Å². The van der Waals surface area contributed by atoms with Gasteiger partial charge in [0, 0.05) is 13.1 Å². The van der Waals surface area contributed by atoms with Crippen LogP contribution in [0.1, 0.15) is 13.8 Å². The first-order valence-corrected chi connectivity index (χ1v) is 5.33. The van der Waals surface area contributed by atoms with Crippen molar-refractivity contribution in [3.63, 3.8) is 0 Å². The fourth-order valence-electron chi connectivity index (χ4n) is 1.08. The monoisotopic (exact) mass is 256 g/mol. The molecule has 0 rings (SSSR count). The molecule has 0 aromatic heterocycles. The summed E-state index contributed by atoms with van der Waals surface area (Å²) in [5.41, 5.74) is 0. The van der Waals surface area contributed by atoms with Crippen LogP contribution in [0.2, 0.25) is 0 Å². The van der Waals surface area contributed by atoms with Gasteiger partial charge in [-0.2, -0.15) is 13.2 Å². The Kier molecular flexibility index (Phi) is 6.48. The van der Waals surface area contributed by atoms with Crippen LogP contribution in [0, 0.1) is 5.92 Å². The van der Waals surface area contributed by atoms with E-state index in [-0.39, 0.29) is 18.4 Å². The van der Waals surface area contributed by atoms with Crippen LogP contribution < -0.4 is 5.32 Å². The Morgan fingerprint density at radius 1 is 1.41 bits per heavy atom. The number of carbonyl (C=O) groups is 1. The lowest BCUT2D eigenvalue weighted by Gasteiger charge is -2.21. The van der Waals surface area contributed by atoms with Crippen LogP contribution in [-0.2, 0) is 4.79 Å². The molecule has 0 aliphatic carbocycles. The lowest BCUT2D eigenvalue weighted by Crippen LogP contribution is -2.43. The largest absolute Gasteiger partial charge is 0.415 e. The standard InChI is InChI=1S/C10H19F3N2O2/c1-7(2)4-14-9(17)6-15(3)5-8(16)10(11,12)13/h7-8,16H,4-6H2,1-3H3,(H,14,17). The molecular weight excluding hydrogens is 237 g/mol. The average Bonchev–Trinajstić information content (AvgIpc) is 2.12. The van der Waals surface area contributed by atoms with Crippen molar-refractivity contribution in [3.05, 3.63) is 0 Å². The van der Waals surface area contributed by atoms with Crippen molar-refractivity contribution in [2.75, 3.05) is 26.7 Å². The van der Waals surface area contributed by atoms with Gasteiger partial charge in [-0.3, -0.25) is 9.69 Å². The third-order valence-corrected chi connectivity index (χ3v) is 1.98. The molecule has 17 heavy (non-hydrogen) atoms. The lowest BCUT2D eigenvalue weighted by atomic mass is 10.2. The number of nitrogens with zero attached hydrogens (tertiary/aromatic N) is 1. The van der Waals surface area contributed by atoms with Crippen LogP contribution in [0.3, 0.4) is 0 Å². The minimum atomic E-state index is -4.65. The maximum Gasteiger partial charge on any atom is 0.415 e. The first-order chi connectivity index (χ1) is 7.62. The minimum Gasteiger partial charge on any atom is -0.382 e. The Labute approximate surface area is 98.8 Å². The molecule has 1 unspecified atom stereocenters. The number of aliphatic hydroxyl groups is 1. The summed E-state index contributed by atoms with van der Waals surface area (Å²) >= 11 is 0. The van der Waals surface area contributed by atoms with Crippen molar-refractivity contribution in [3.8, 4) is 0 Å². The molecule has 7 heteroatoms. The summed E-state index contributed by atoms with van der Waals surface area (Å²) in [6, 6.07) is 0. The van der Waals surface area contributed by atoms with Crippen LogP contribution in [0.25, 0.3) is 0 Å². The number of rotatable bonds is 6. The predicted molar refractivity (Wildman–Crippen MR) is 57.4 cm³/mol. The number of amides is 1. The van der Waals surface area contributed by atoms with E-state index < -0.39 is 18.8 Å². The second-order valence-corrected chi connectivity index (χ2v) is 4.45. The van der Waals surface area contributed by atoms with Crippen molar-refractivity contribution >= 4 is 5.91 Å². The van der Waals surface area contributed by atoms with E-state index in [2.05, 4.69) is 5.32 Å². The third kappa shape index (κ3) is 7.98. The highest BCUT2D eigenvalue weighted by Gasteiger charge is 2.38. The van der Waals surface area contributed by atoms with Gasteiger partial charge in [-0.05, 0) is 13.0 Å². The molecule has 0 saturated heterocycles. The Bertz CT molecular complexity index is 244. The lowest BCUT2D eigenvalue weighted by molar-refractivity contribution is -0.207. The van der Waals surface area contributed by atoms with Crippen molar-refractivity contribution in [1.82, 2.24) is 10.2 Å². The molecule has 0 radical (unpaired) electrons. The molecule has 4 nitrogen and oxygen atoms in total. The number of aliphatic hydroxyl groups excluding tert-OH is 1. The highest BCUT2D eigenvalue weighted by Crippen LogP contribution is 2.20. The molecule has 0 heterocycles. The maximum absolute atomic E-state index is 12.0. The van der Waals surface area contributed by atoms with E-state index in [0.717, 1.165) is 4.90 Å². The zero-order chi connectivity index (χ0) is 13.6. The summed E-state index contributed by atoms with van der Waals surface area (Å²) in [7, 11) is 1.35. The fourth-order valence-corrected chi connectivity index (χ4v) is 1.08. The zero-order valence-corrected chi connectivity index (χ0v) is 10.2. The number of halogens is 3. The molecule has 1 amide bonds. The van der Waals surface area contributed by atoms with Gasteiger partial charge in [0.05, 0.1) is 6.54 Å². The van der Waals surface area contributed by atoms with E-state index in [4.69, 9.17) is 5.11 Å². The second kappa shape index (κ2) is 6.80. The molecule has 0 aliphatic heterocycles. The van der Waals surface area contributed by atoms with Crippen LogP contribution in [0.4, 0.5) is 13.2 Å². The number of alkyl halides is 3.